The van der Waals surface area contributed by atoms with Crippen LogP contribution in [-0.2, 0) is 9.59 Å². The van der Waals surface area contributed by atoms with E-state index in [2.05, 4.69) is 16.0 Å². The Hall–Kier alpha value is -2.62. The predicted octanol–water partition coefficient (Wildman–Crippen LogP) is 8.05. The van der Waals surface area contributed by atoms with Gasteiger partial charge in [0.25, 0.3) is 5.91 Å². The van der Waals surface area contributed by atoms with Crippen molar-refractivity contribution >= 4 is 92.8 Å². The van der Waals surface area contributed by atoms with Crippen molar-refractivity contribution in [2.24, 2.45) is 5.92 Å². The average molecular weight is 636 g/mol. The summed E-state index contributed by atoms with van der Waals surface area (Å²) in [5.41, 5.74) is -0.388. The molecule has 3 amide bonds. The molecule has 1 aliphatic carbocycles. The molecule has 0 unspecified atom stereocenters. The van der Waals surface area contributed by atoms with Gasteiger partial charge in [-0.05, 0) is 48.0 Å². The zero-order valence-electron chi connectivity index (χ0n) is 19.9. The first kappa shape index (κ1) is 29.4. The Balaban J connectivity index is 1.52. The summed E-state index contributed by atoms with van der Waals surface area (Å²) >= 11 is 31.0. The standard InChI is InChI=1S/C26H18Cl5F2N3O3/c1-2-19(37)36-23-17(32)7-8-18(22(23)33)35-24(38)13-10-12(4-6-14(13)27)34-25(39)21-20(26(21,30)31)11-3-5-15(28)16(29)9-11/h3-10,20-21H,2H2,1H3,(H,34,39)(H,35,38)(H,36,37)/t20-,21+/m0/s1. The molecule has 0 aliphatic heterocycles. The number of carbonyl (C=O) groups is 3. The molecule has 0 aromatic heterocycles. The molecule has 204 valence electrons. The minimum Gasteiger partial charge on any atom is -0.326 e. The Kier molecular flexibility index (Phi) is 8.64. The van der Waals surface area contributed by atoms with Gasteiger partial charge in [-0.2, -0.15) is 0 Å². The lowest BCUT2D eigenvalue weighted by atomic mass is 10.1. The summed E-state index contributed by atoms with van der Waals surface area (Å²) in [5.74, 6) is -5.56. The van der Waals surface area contributed by atoms with Crippen LogP contribution in [0.4, 0.5) is 25.8 Å². The van der Waals surface area contributed by atoms with E-state index >= 15 is 0 Å². The molecule has 3 aromatic rings. The SMILES string of the molecule is CCC(=O)Nc1c(F)ccc(NC(=O)c2cc(NC(=O)[C@H]3[C@H](c4ccc(Cl)c(Cl)c4)C3(Cl)Cl)ccc2Cl)c1F. The summed E-state index contributed by atoms with van der Waals surface area (Å²) in [7, 11) is 0. The van der Waals surface area contributed by atoms with Crippen LogP contribution in [0.15, 0.2) is 48.5 Å². The highest BCUT2D eigenvalue weighted by Crippen LogP contribution is 2.65. The Bertz CT molecular complexity index is 1500. The van der Waals surface area contributed by atoms with Crippen LogP contribution in [0.5, 0.6) is 0 Å². The molecule has 0 spiro atoms. The minimum atomic E-state index is -1.40. The smallest absolute Gasteiger partial charge is 0.257 e. The molecule has 3 N–H and O–H groups in total. The van der Waals surface area contributed by atoms with Crippen molar-refractivity contribution in [3.8, 4) is 0 Å². The highest BCUT2D eigenvalue weighted by atomic mass is 35.5. The number of halogens is 7. The van der Waals surface area contributed by atoms with E-state index in [9.17, 15) is 23.2 Å². The molecule has 13 heteroatoms. The van der Waals surface area contributed by atoms with Gasteiger partial charge in [0.1, 0.15) is 15.8 Å². The summed E-state index contributed by atoms with van der Waals surface area (Å²) in [6.45, 7) is 1.52. The first-order valence-electron chi connectivity index (χ1n) is 11.4. The summed E-state index contributed by atoms with van der Waals surface area (Å²) in [6, 6.07) is 10.8. The number of nitrogens with one attached hydrogen (secondary N) is 3. The lowest BCUT2D eigenvalue weighted by molar-refractivity contribution is -0.117. The van der Waals surface area contributed by atoms with Crippen LogP contribution in [0.3, 0.4) is 0 Å². The molecule has 4 rings (SSSR count). The molecule has 39 heavy (non-hydrogen) atoms. The number of hydrogen-bond donors (Lipinski definition) is 3. The maximum Gasteiger partial charge on any atom is 0.257 e. The molecule has 2 atom stereocenters. The van der Waals surface area contributed by atoms with Gasteiger partial charge in [0.05, 0.1) is 32.2 Å². The van der Waals surface area contributed by atoms with Gasteiger partial charge in [-0.15, -0.1) is 23.2 Å². The van der Waals surface area contributed by atoms with E-state index in [1.54, 1.807) is 18.2 Å². The van der Waals surface area contributed by atoms with Gasteiger partial charge < -0.3 is 16.0 Å². The first-order valence-corrected chi connectivity index (χ1v) is 13.3. The van der Waals surface area contributed by atoms with Crippen molar-refractivity contribution in [1.29, 1.82) is 0 Å². The molecule has 0 saturated heterocycles. The van der Waals surface area contributed by atoms with E-state index in [-0.39, 0.29) is 27.7 Å². The van der Waals surface area contributed by atoms with Gasteiger partial charge in [-0.1, -0.05) is 47.8 Å². The molecule has 0 bridgehead atoms. The highest BCUT2D eigenvalue weighted by Gasteiger charge is 2.67. The van der Waals surface area contributed by atoms with Crippen molar-refractivity contribution < 1.29 is 23.2 Å². The molecule has 0 radical (unpaired) electrons. The number of benzene rings is 3. The fourth-order valence-corrected chi connectivity index (χ4v) is 5.29. The molecule has 1 fully saturated rings. The Labute approximate surface area is 246 Å². The molecular formula is C26H18Cl5F2N3O3. The Morgan fingerprint density at radius 3 is 2.23 bits per heavy atom. The molecule has 3 aromatic carbocycles. The Morgan fingerprint density at radius 2 is 1.56 bits per heavy atom. The van der Waals surface area contributed by atoms with Crippen LogP contribution in [0, 0.1) is 17.6 Å². The molecular weight excluding hydrogens is 618 g/mol. The van der Waals surface area contributed by atoms with Gasteiger partial charge in [0.2, 0.25) is 11.8 Å². The summed E-state index contributed by atoms with van der Waals surface area (Å²) in [6.07, 6.45) is -0.00675. The van der Waals surface area contributed by atoms with Crippen LogP contribution >= 0.6 is 58.0 Å². The molecule has 1 saturated carbocycles. The van der Waals surface area contributed by atoms with Crippen LogP contribution in [0.25, 0.3) is 0 Å². The summed E-state index contributed by atoms with van der Waals surface area (Å²) in [4.78, 5) is 37.6. The van der Waals surface area contributed by atoms with Crippen molar-refractivity contribution in [3.05, 3.63) is 86.4 Å². The van der Waals surface area contributed by atoms with Crippen LogP contribution < -0.4 is 16.0 Å². The summed E-state index contributed by atoms with van der Waals surface area (Å²) in [5, 5.41) is 7.69. The number of hydrogen-bond acceptors (Lipinski definition) is 3. The number of rotatable bonds is 7. The van der Waals surface area contributed by atoms with Crippen molar-refractivity contribution in [2.75, 3.05) is 16.0 Å². The quantitative estimate of drug-likeness (QED) is 0.230. The van der Waals surface area contributed by atoms with E-state index in [1.165, 1.54) is 25.1 Å². The van der Waals surface area contributed by atoms with E-state index in [0.29, 0.717) is 10.6 Å². The van der Waals surface area contributed by atoms with Gasteiger partial charge in [0, 0.05) is 18.0 Å². The molecule has 0 heterocycles. The largest absolute Gasteiger partial charge is 0.326 e. The molecule has 1 aliphatic rings. The van der Waals surface area contributed by atoms with Crippen LogP contribution in [-0.4, -0.2) is 22.1 Å². The zero-order valence-corrected chi connectivity index (χ0v) is 23.6. The number of carbonyl (C=O) groups excluding carboxylic acids is 3. The van der Waals surface area contributed by atoms with Crippen molar-refractivity contribution in [2.45, 2.75) is 23.6 Å². The monoisotopic (exact) mass is 633 g/mol. The van der Waals surface area contributed by atoms with Crippen molar-refractivity contribution in [1.82, 2.24) is 0 Å². The van der Waals surface area contributed by atoms with E-state index in [0.717, 1.165) is 12.1 Å². The predicted molar refractivity (Wildman–Crippen MR) is 150 cm³/mol. The van der Waals surface area contributed by atoms with E-state index in [4.69, 9.17) is 58.0 Å². The fourth-order valence-electron chi connectivity index (χ4n) is 3.95. The summed E-state index contributed by atoms with van der Waals surface area (Å²) < 4.78 is 27.5. The minimum absolute atomic E-state index is 0.00309. The molecule has 6 nitrogen and oxygen atoms in total. The lowest BCUT2D eigenvalue weighted by Crippen LogP contribution is -2.19. The zero-order chi connectivity index (χ0) is 28.6. The van der Waals surface area contributed by atoms with Gasteiger partial charge in [0.15, 0.2) is 5.82 Å². The van der Waals surface area contributed by atoms with Gasteiger partial charge in [-0.25, -0.2) is 8.78 Å². The van der Waals surface area contributed by atoms with E-state index < -0.39 is 56.9 Å². The second kappa shape index (κ2) is 11.5. The van der Waals surface area contributed by atoms with E-state index in [1.807, 2.05) is 0 Å². The Morgan fingerprint density at radius 1 is 0.872 bits per heavy atom. The third-order valence-electron chi connectivity index (χ3n) is 6.04. The van der Waals surface area contributed by atoms with Gasteiger partial charge in [-0.3, -0.25) is 14.4 Å². The first-order chi connectivity index (χ1) is 18.3. The van der Waals surface area contributed by atoms with Crippen LogP contribution in [0.2, 0.25) is 15.1 Å². The lowest BCUT2D eigenvalue weighted by Gasteiger charge is -2.13. The maximum atomic E-state index is 14.9. The second-order valence-corrected chi connectivity index (χ2v) is 11.3. The number of anilines is 3. The number of amides is 3. The second-order valence-electron chi connectivity index (χ2n) is 8.63. The third kappa shape index (κ3) is 6.10. The normalized spacial score (nSPS) is 17.3. The highest BCUT2D eigenvalue weighted by molar-refractivity contribution is 6.53. The maximum absolute atomic E-state index is 14.9. The van der Waals surface area contributed by atoms with Crippen molar-refractivity contribution in [3.63, 3.8) is 0 Å². The van der Waals surface area contributed by atoms with Crippen LogP contribution in [0.1, 0.15) is 35.2 Å². The topological polar surface area (TPSA) is 87.3 Å². The third-order valence-corrected chi connectivity index (χ3v) is 8.05. The number of alkyl halides is 2. The average Bonchev–Trinajstić information content (AvgIpc) is 3.47. The van der Waals surface area contributed by atoms with Gasteiger partial charge >= 0.3 is 0 Å². The fraction of sp³-hybridized carbons (Fsp3) is 0.192.